The summed E-state index contributed by atoms with van der Waals surface area (Å²) in [6.45, 7) is 3.83. The number of rotatable bonds is 4. The third kappa shape index (κ3) is 3.78. The first-order valence-corrected chi connectivity index (χ1v) is 12.2. The molecule has 2 aromatic carbocycles. The molecule has 30 heavy (non-hydrogen) atoms. The average molecular weight is 478 g/mol. The van der Waals surface area contributed by atoms with Crippen molar-refractivity contribution in [3.8, 4) is 0 Å². The lowest BCUT2D eigenvalue weighted by atomic mass is 10.3. The summed E-state index contributed by atoms with van der Waals surface area (Å²) in [5.41, 5.74) is 0.993. The first kappa shape index (κ1) is 21.0. The van der Waals surface area contributed by atoms with Gasteiger partial charge in [-0.25, -0.2) is 0 Å². The molecule has 10 heteroatoms. The zero-order chi connectivity index (χ0) is 21.5. The van der Waals surface area contributed by atoms with Crippen molar-refractivity contribution in [1.82, 2.24) is 4.90 Å². The highest BCUT2D eigenvalue weighted by atomic mass is 35.5. The van der Waals surface area contributed by atoms with Gasteiger partial charge in [0.2, 0.25) is 0 Å². The number of hydrogen-bond donors (Lipinski definition) is 0. The number of carbonyl (C=O) groups is 1. The quantitative estimate of drug-likeness (QED) is 0.475. The highest BCUT2D eigenvalue weighted by molar-refractivity contribution is 8.19. The number of nitrogens with zero attached hydrogens (tertiary/aromatic N) is 3. The fourth-order valence-corrected chi connectivity index (χ4v) is 6.62. The molecule has 6 nitrogen and oxygen atoms in total. The van der Waals surface area contributed by atoms with E-state index in [1.54, 1.807) is 0 Å². The van der Waals surface area contributed by atoms with Gasteiger partial charge in [0, 0.05) is 23.5 Å². The molecule has 0 atom stereocenters. The van der Waals surface area contributed by atoms with Gasteiger partial charge in [0.1, 0.15) is 4.91 Å². The lowest BCUT2D eigenvalue weighted by Gasteiger charge is -2.15. The van der Waals surface area contributed by atoms with Crippen molar-refractivity contribution < 1.29 is 13.2 Å². The third-order valence-corrected chi connectivity index (χ3v) is 8.50. The Morgan fingerprint density at radius 1 is 1.13 bits per heavy atom. The molecular weight excluding hydrogens is 462 g/mol. The van der Waals surface area contributed by atoms with Crippen LogP contribution in [-0.4, -0.2) is 38.0 Å². The van der Waals surface area contributed by atoms with Gasteiger partial charge >= 0.3 is 0 Å². The van der Waals surface area contributed by atoms with Crippen LogP contribution in [0.4, 0.5) is 5.69 Å². The Bertz CT molecular complexity index is 1210. The zero-order valence-corrected chi connectivity index (χ0v) is 19.0. The molecule has 0 aromatic heterocycles. The summed E-state index contributed by atoms with van der Waals surface area (Å²) >= 11 is 8.38. The highest BCUT2D eigenvalue weighted by Gasteiger charge is 2.39. The largest absolute Gasteiger partial charge is 0.337 e. The maximum absolute atomic E-state index is 13.1. The Balaban J connectivity index is 1.75. The van der Waals surface area contributed by atoms with Gasteiger partial charge in [0.15, 0.2) is 5.17 Å². The smallest absolute Gasteiger partial charge is 0.284 e. The number of amidine groups is 1. The normalized spacial score (nSPS) is 20.2. The van der Waals surface area contributed by atoms with E-state index in [1.807, 2.05) is 36.2 Å². The number of fused-ring (bicyclic) bond motifs is 1. The van der Waals surface area contributed by atoms with Crippen LogP contribution >= 0.6 is 35.1 Å². The van der Waals surface area contributed by atoms with Crippen molar-refractivity contribution in [2.75, 3.05) is 18.5 Å². The van der Waals surface area contributed by atoms with Crippen molar-refractivity contribution in [2.45, 2.75) is 9.79 Å². The van der Waals surface area contributed by atoms with Crippen molar-refractivity contribution >= 4 is 61.9 Å². The summed E-state index contributed by atoms with van der Waals surface area (Å²) in [5, 5.41) is 1.27. The number of hydrogen-bond acceptors (Lipinski definition) is 6. The standard InChI is InChI=1S/C20H16ClN3O3S3/c1-3-12-24-18(25)17(19-23(2)15-6-4-5-7-16(15)28-19)29-20(24)22-30(26,27)14-10-8-13(21)9-11-14/h3-11H,1,12H2,2H3. The average Bonchev–Trinajstić information content (AvgIpc) is 3.20. The van der Waals surface area contributed by atoms with Gasteiger partial charge in [-0.15, -0.1) is 11.0 Å². The van der Waals surface area contributed by atoms with Gasteiger partial charge < -0.3 is 4.90 Å². The van der Waals surface area contributed by atoms with Crippen molar-refractivity contribution in [2.24, 2.45) is 4.40 Å². The summed E-state index contributed by atoms with van der Waals surface area (Å²) in [5.74, 6) is -0.299. The monoisotopic (exact) mass is 477 g/mol. The van der Waals surface area contributed by atoms with Crippen LogP contribution in [-0.2, 0) is 14.8 Å². The number of benzene rings is 2. The summed E-state index contributed by atoms with van der Waals surface area (Å²) in [6.07, 6.45) is 1.54. The van der Waals surface area contributed by atoms with Crippen molar-refractivity contribution in [3.63, 3.8) is 0 Å². The molecule has 0 saturated carbocycles. The highest BCUT2D eigenvalue weighted by Crippen LogP contribution is 2.49. The van der Waals surface area contributed by atoms with Crippen LogP contribution in [0.3, 0.4) is 0 Å². The Hall–Kier alpha value is -2.20. The second kappa shape index (κ2) is 8.14. The van der Waals surface area contributed by atoms with Crippen LogP contribution in [0.15, 0.2) is 85.3 Å². The van der Waals surface area contributed by atoms with Crippen LogP contribution in [0.25, 0.3) is 0 Å². The Morgan fingerprint density at radius 3 is 2.50 bits per heavy atom. The number of carbonyl (C=O) groups excluding carboxylic acids is 1. The molecule has 1 amide bonds. The number of para-hydroxylation sites is 1. The molecule has 0 N–H and O–H groups in total. The molecule has 0 radical (unpaired) electrons. The van der Waals surface area contributed by atoms with Gasteiger partial charge in [-0.1, -0.05) is 41.6 Å². The van der Waals surface area contributed by atoms with Crippen molar-refractivity contribution in [3.05, 3.63) is 76.1 Å². The van der Waals surface area contributed by atoms with Crippen LogP contribution < -0.4 is 4.90 Å². The number of sulfonamides is 1. The second-order valence-electron chi connectivity index (χ2n) is 6.37. The van der Waals surface area contributed by atoms with Crippen LogP contribution in [0, 0.1) is 0 Å². The first-order chi connectivity index (χ1) is 14.3. The van der Waals surface area contributed by atoms with E-state index in [0.717, 1.165) is 27.4 Å². The fraction of sp³-hybridized carbons (Fsp3) is 0.100. The SMILES string of the molecule is C=CCN1C(=O)C(=C2Sc3ccccc3N2C)SC1=NS(=O)(=O)c1ccc(Cl)cc1. The van der Waals surface area contributed by atoms with E-state index in [0.29, 0.717) is 9.93 Å². The minimum absolute atomic E-state index is 0.00636. The van der Waals surface area contributed by atoms with Crippen LogP contribution in [0.2, 0.25) is 5.02 Å². The van der Waals surface area contributed by atoms with E-state index in [2.05, 4.69) is 11.0 Å². The zero-order valence-electron chi connectivity index (χ0n) is 15.8. The lowest BCUT2D eigenvalue weighted by molar-refractivity contribution is -0.121. The molecule has 0 unspecified atom stereocenters. The molecule has 2 aromatic rings. The second-order valence-corrected chi connectivity index (χ2v) is 10.4. The van der Waals surface area contributed by atoms with Gasteiger partial charge in [-0.2, -0.15) is 8.42 Å². The van der Waals surface area contributed by atoms with E-state index in [-0.39, 0.29) is 22.5 Å². The Labute approximate surface area is 188 Å². The van der Waals surface area contributed by atoms with Gasteiger partial charge in [0.25, 0.3) is 15.9 Å². The number of thioether (sulfide) groups is 2. The van der Waals surface area contributed by atoms with E-state index >= 15 is 0 Å². The maximum Gasteiger partial charge on any atom is 0.284 e. The molecule has 4 rings (SSSR count). The Kier molecular flexibility index (Phi) is 5.71. The number of anilines is 1. The van der Waals surface area contributed by atoms with E-state index in [1.165, 1.54) is 47.0 Å². The van der Waals surface area contributed by atoms with Crippen LogP contribution in [0.1, 0.15) is 0 Å². The first-order valence-electron chi connectivity index (χ1n) is 8.78. The predicted molar refractivity (Wildman–Crippen MR) is 123 cm³/mol. The summed E-state index contributed by atoms with van der Waals surface area (Å²) in [4.78, 5) is 17.9. The summed E-state index contributed by atoms with van der Waals surface area (Å²) in [6, 6.07) is 13.6. The fourth-order valence-electron chi connectivity index (χ4n) is 2.96. The van der Waals surface area contributed by atoms with Gasteiger partial charge in [-0.05, 0) is 48.2 Å². The minimum Gasteiger partial charge on any atom is -0.337 e. The van der Waals surface area contributed by atoms with E-state index in [9.17, 15) is 13.2 Å². The van der Waals surface area contributed by atoms with Crippen LogP contribution in [0.5, 0.6) is 0 Å². The Morgan fingerprint density at radius 2 is 1.83 bits per heavy atom. The molecule has 2 aliphatic rings. The molecular formula is C20H16ClN3O3S3. The minimum atomic E-state index is -4.01. The third-order valence-electron chi connectivity index (χ3n) is 4.42. The number of halogens is 1. The topological polar surface area (TPSA) is 70.1 Å². The summed E-state index contributed by atoms with van der Waals surface area (Å²) < 4.78 is 29.5. The lowest BCUT2D eigenvalue weighted by Crippen LogP contribution is -2.30. The maximum atomic E-state index is 13.1. The molecule has 2 aliphatic heterocycles. The van der Waals surface area contributed by atoms with Gasteiger partial charge in [-0.3, -0.25) is 9.69 Å². The molecule has 0 aliphatic carbocycles. The molecule has 0 bridgehead atoms. The molecule has 1 saturated heterocycles. The molecule has 1 fully saturated rings. The van der Waals surface area contributed by atoms with Gasteiger partial charge in [0.05, 0.1) is 15.6 Å². The molecule has 2 heterocycles. The van der Waals surface area contributed by atoms with E-state index < -0.39 is 10.0 Å². The van der Waals surface area contributed by atoms with E-state index in [4.69, 9.17) is 11.6 Å². The number of amides is 1. The van der Waals surface area contributed by atoms with Crippen molar-refractivity contribution in [1.29, 1.82) is 0 Å². The predicted octanol–water partition coefficient (Wildman–Crippen LogP) is 4.56. The molecule has 154 valence electrons. The molecule has 0 spiro atoms. The summed E-state index contributed by atoms with van der Waals surface area (Å²) in [7, 11) is -2.13.